The SMILES string of the molecule is CS(=O)(=O)c1ccc(NC2CCOC2c2ccc(Cl)c(F)c2)cc1. The van der Waals surface area contributed by atoms with E-state index in [1.54, 1.807) is 30.3 Å². The van der Waals surface area contributed by atoms with E-state index in [1.807, 2.05) is 0 Å². The van der Waals surface area contributed by atoms with Gasteiger partial charge in [-0.15, -0.1) is 0 Å². The van der Waals surface area contributed by atoms with E-state index in [0.29, 0.717) is 6.61 Å². The lowest BCUT2D eigenvalue weighted by Crippen LogP contribution is -2.23. The van der Waals surface area contributed by atoms with E-state index in [4.69, 9.17) is 16.3 Å². The van der Waals surface area contributed by atoms with Crippen LogP contribution in [0.3, 0.4) is 0 Å². The molecule has 1 heterocycles. The van der Waals surface area contributed by atoms with E-state index >= 15 is 0 Å². The highest BCUT2D eigenvalue weighted by molar-refractivity contribution is 7.90. The lowest BCUT2D eigenvalue weighted by atomic mass is 10.0. The summed E-state index contributed by atoms with van der Waals surface area (Å²) in [7, 11) is -3.22. The molecule has 3 rings (SSSR count). The fraction of sp³-hybridized carbons (Fsp3) is 0.294. The first-order chi connectivity index (χ1) is 11.3. The number of hydrogen-bond acceptors (Lipinski definition) is 4. The van der Waals surface area contributed by atoms with Crippen molar-refractivity contribution in [2.45, 2.75) is 23.5 Å². The lowest BCUT2D eigenvalue weighted by Gasteiger charge is -2.21. The second-order valence-corrected chi connectivity index (χ2v) is 8.22. The average Bonchev–Trinajstić information content (AvgIpc) is 2.98. The molecule has 0 bridgehead atoms. The molecule has 24 heavy (non-hydrogen) atoms. The minimum absolute atomic E-state index is 0.0327. The summed E-state index contributed by atoms with van der Waals surface area (Å²) in [4.78, 5) is 0.270. The van der Waals surface area contributed by atoms with Crippen LogP contribution < -0.4 is 5.32 Å². The van der Waals surface area contributed by atoms with Gasteiger partial charge in [0.1, 0.15) is 11.9 Å². The van der Waals surface area contributed by atoms with E-state index in [9.17, 15) is 12.8 Å². The third-order valence-corrected chi connectivity index (χ3v) is 5.43. The van der Waals surface area contributed by atoms with Crippen molar-refractivity contribution in [1.82, 2.24) is 0 Å². The quantitative estimate of drug-likeness (QED) is 0.890. The summed E-state index contributed by atoms with van der Waals surface area (Å²) in [6, 6.07) is 11.2. The van der Waals surface area contributed by atoms with E-state index < -0.39 is 15.7 Å². The second kappa shape index (κ2) is 6.70. The van der Waals surface area contributed by atoms with Crippen molar-refractivity contribution >= 4 is 27.1 Å². The Morgan fingerprint density at radius 2 is 1.92 bits per heavy atom. The summed E-state index contributed by atoms with van der Waals surface area (Å²) in [5.41, 5.74) is 1.51. The molecule has 0 aliphatic carbocycles. The molecule has 0 radical (unpaired) electrons. The van der Waals surface area contributed by atoms with Gasteiger partial charge in [-0.1, -0.05) is 17.7 Å². The molecule has 128 valence electrons. The van der Waals surface area contributed by atoms with E-state index in [1.165, 1.54) is 18.4 Å². The van der Waals surface area contributed by atoms with E-state index in [2.05, 4.69) is 5.32 Å². The second-order valence-electron chi connectivity index (χ2n) is 5.80. The highest BCUT2D eigenvalue weighted by Gasteiger charge is 2.30. The molecule has 1 saturated heterocycles. The zero-order valence-electron chi connectivity index (χ0n) is 13.0. The third-order valence-electron chi connectivity index (χ3n) is 4.00. The summed E-state index contributed by atoms with van der Waals surface area (Å²) < 4.78 is 42.4. The summed E-state index contributed by atoms with van der Waals surface area (Å²) >= 11 is 5.72. The third kappa shape index (κ3) is 3.71. The molecule has 1 aliphatic heterocycles. The van der Waals surface area contributed by atoms with Gasteiger partial charge >= 0.3 is 0 Å². The van der Waals surface area contributed by atoms with Crippen LogP contribution in [-0.2, 0) is 14.6 Å². The summed E-state index contributed by atoms with van der Waals surface area (Å²) in [6.45, 7) is 0.563. The first-order valence-corrected chi connectivity index (χ1v) is 9.75. The number of rotatable bonds is 4. The zero-order chi connectivity index (χ0) is 17.3. The molecule has 2 aromatic carbocycles. The van der Waals surface area contributed by atoms with Crippen molar-refractivity contribution < 1.29 is 17.5 Å². The summed E-state index contributed by atoms with van der Waals surface area (Å²) in [6.07, 6.45) is 1.65. The van der Waals surface area contributed by atoms with Crippen LogP contribution >= 0.6 is 11.6 Å². The molecule has 0 amide bonds. The molecule has 4 nitrogen and oxygen atoms in total. The van der Waals surface area contributed by atoms with Crippen LogP contribution in [0.2, 0.25) is 5.02 Å². The number of halogens is 2. The van der Waals surface area contributed by atoms with Crippen LogP contribution in [0.5, 0.6) is 0 Å². The number of ether oxygens (including phenoxy) is 1. The van der Waals surface area contributed by atoms with Gasteiger partial charge in [-0.05, 0) is 48.4 Å². The molecule has 0 saturated carbocycles. The number of benzene rings is 2. The Labute approximate surface area is 145 Å². The van der Waals surface area contributed by atoms with Gasteiger partial charge in [0.05, 0.1) is 16.0 Å². The Morgan fingerprint density at radius 1 is 1.21 bits per heavy atom. The Balaban J connectivity index is 1.77. The largest absolute Gasteiger partial charge is 0.379 e. The molecule has 2 aromatic rings. The molecule has 1 N–H and O–H groups in total. The van der Waals surface area contributed by atoms with Crippen LogP contribution in [0.4, 0.5) is 10.1 Å². The van der Waals surface area contributed by atoms with Gasteiger partial charge in [0.25, 0.3) is 0 Å². The molecule has 7 heteroatoms. The maximum Gasteiger partial charge on any atom is 0.175 e. The number of sulfone groups is 1. The fourth-order valence-corrected chi connectivity index (χ4v) is 3.52. The Hall–Kier alpha value is -1.63. The number of anilines is 1. The molecule has 2 atom stereocenters. The monoisotopic (exact) mass is 369 g/mol. The first kappa shape index (κ1) is 17.2. The van der Waals surface area contributed by atoms with Crippen LogP contribution in [-0.4, -0.2) is 27.3 Å². The Morgan fingerprint density at radius 3 is 2.54 bits per heavy atom. The predicted molar refractivity (Wildman–Crippen MR) is 91.7 cm³/mol. The topological polar surface area (TPSA) is 55.4 Å². The first-order valence-electron chi connectivity index (χ1n) is 7.48. The molecule has 0 spiro atoms. The van der Waals surface area contributed by atoms with Crippen LogP contribution in [0, 0.1) is 5.82 Å². The van der Waals surface area contributed by atoms with Crippen molar-refractivity contribution in [2.24, 2.45) is 0 Å². The Bertz CT molecular complexity index is 839. The molecule has 1 aliphatic rings. The predicted octanol–water partition coefficient (Wildman–Crippen LogP) is 3.82. The molecular weight excluding hydrogens is 353 g/mol. The minimum Gasteiger partial charge on any atom is -0.379 e. The van der Waals surface area contributed by atoms with E-state index in [-0.39, 0.29) is 22.1 Å². The summed E-state index contributed by atoms with van der Waals surface area (Å²) in [5.74, 6) is -0.471. The highest BCUT2D eigenvalue weighted by Crippen LogP contribution is 2.33. The minimum atomic E-state index is -3.22. The van der Waals surface area contributed by atoms with Gasteiger partial charge in [0.15, 0.2) is 9.84 Å². The van der Waals surface area contributed by atoms with Crippen molar-refractivity contribution in [3.8, 4) is 0 Å². The van der Waals surface area contributed by atoms with Crippen molar-refractivity contribution in [3.63, 3.8) is 0 Å². The van der Waals surface area contributed by atoms with Crippen LogP contribution in [0.25, 0.3) is 0 Å². The van der Waals surface area contributed by atoms with E-state index in [0.717, 1.165) is 17.7 Å². The molecular formula is C17H17ClFNO3S. The van der Waals surface area contributed by atoms with Gasteiger partial charge in [-0.25, -0.2) is 12.8 Å². The van der Waals surface area contributed by atoms with Crippen molar-refractivity contribution in [3.05, 3.63) is 58.9 Å². The normalized spacial score (nSPS) is 21.0. The maximum absolute atomic E-state index is 13.7. The number of nitrogens with one attached hydrogen (secondary N) is 1. The van der Waals surface area contributed by atoms with Crippen LogP contribution in [0.15, 0.2) is 47.4 Å². The lowest BCUT2D eigenvalue weighted by molar-refractivity contribution is 0.107. The summed E-state index contributed by atoms with van der Waals surface area (Å²) in [5, 5.41) is 3.41. The molecule has 0 aromatic heterocycles. The Kier molecular flexibility index (Phi) is 4.80. The highest BCUT2D eigenvalue weighted by atomic mass is 35.5. The molecule has 2 unspecified atom stereocenters. The van der Waals surface area contributed by atoms with Crippen molar-refractivity contribution in [2.75, 3.05) is 18.2 Å². The van der Waals surface area contributed by atoms with Gasteiger partial charge < -0.3 is 10.1 Å². The van der Waals surface area contributed by atoms with Gasteiger partial charge in [0, 0.05) is 18.6 Å². The smallest absolute Gasteiger partial charge is 0.175 e. The van der Waals surface area contributed by atoms with Crippen molar-refractivity contribution in [1.29, 1.82) is 0 Å². The molecule has 1 fully saturated rings. The van der Waals surface area contributed by atoms with Crippen LogP contribution in [0.1, 0.15) is 18.1 Å². The maximum atomic E-state index is 13.7. The van der Waals surface area contributed by atoms with Gasteiger partial charge in [-0.2, -0.15) is 0 Å². The van der Waals surface area contributed by atoms with Gasteiger partial charge in [0.2, 0.25) is 0 Å². The standard InChI is InChI=1S/C17H17ClFNO3S/c1-24(21,22)13-5-3-12(4-6-13)20-16-8-9-23-17(16)11-2-7-14(18)15(19)10-11/h2-7,10,16-17,20H,8-9H2,1H3. The fourth-order valence-electron chi connectivity index (χ4n) is 2.77. The zero-order valence-corrected chi connectivity index (χ0v) is 14.6. The average molecular weight is 370 g/mol. The van der Waals surface area contributed by atoms with Gasteiger partial charge in [-0.3, -0.25) is 0 Å². The number of hydrogen-bond donors (Lipinski definition) is 1.